The maximum atomic E-state index is 10.9. The van der Waals surface area contributed by atoms with Crippen molar-refractivity contribution in [2.75, 3.05) is 12.0 Å². The summed E-state index contributed by atoms with van der Waals surface area (Å²) < 4.78 is 21.8. The van der Waals surface area contributed by atoms with Crippen molar-refractivity contribution in [3.05, 3.63) is 0 Å². The summed E-state index contributed by atoms with van der Waals surface area (Å²) in [6, 6.07) is 0. The molecule has 0 heterocycles. The Morgan fingerprint density at radius 3 is 2.18 bits per heavy atom. The monoisotopic (exact) mass is 176 g/mol. The van der Waals surface area contributed by atoms with E-state index in [4.69, 9.17) is 0 Å². The minimum atomic E-state index is -2.72. The zero-order valence-corrected chi connectivity index (χ0v) is 7.86. The summed E-state index contributed by atoms with van der Waals surface area (Å²) in [7, 11) is -2.72. The van der Waals surface area contributed by atoms with Gasteiger partial charge in [0.2, 0.25) is 0 Å². The molecule has 0 radical (unpaired) electrons. The summed E-state index contributed by atoms with van der Waals surface area (Å²) in [5.74, 6) is 0.867. The van der Waals surface area contributed by atoms with Gasteiger partial charge in [-0.25, -0.2) is 8.42 Å². The molecule has 0 N–H and O–H groups in total. The third-order valence-electron chi connectivity index (χ3n) is 2.26. The molecule has 1 fully saturated rings. The Balaban J connectivity index is 2.36. The molecule has 1 aliphatic rings. The Kier molecular flexibility index (Phi) is 2.93. The van der Waals surface area contributed by atoms with Crippen molar-refractivity contribution >= 4 is 9.84 Å². The van der Waals surface area contributed by atoms with Crippen molar-refractivity contribution < 1.29 is 8.42 Å². The molecule has 0 spiro atoms. The average molecular weight is 176 g/mol. The maximum Gasteiger partial charge on any atom is 0.147 e. The molecule has 0 saturated heterocycles. The summed E-state index contributed by atoms with van der Waals surface area (Å²) in [4.78, 5) is 0. The maximum absolute atomic E-state index is 10.9. The van der Waals surface area contributed by atoms with Gasteiger partial charge in [0.25, 0.3) is 0 Å². The lowest BCUT2D eigenvalue weighted by molar-refractivity contribution is 0.385. The Bertz CT molecular complexity index is 200. The van der Waals surface area contributed by atoms with Crippen LogP contribution in [0.2, 0.25) is 0 Å². The van der Waals surface area contributed by atoms with Gasteiger partial charge in [0.05, 0.1) is 5.75 Å². The fraction of sp³-hybridized carbons (Fsp3) is 1.00. The lowest BCUT2D eigenvalue weighted by atomic mass is 9.91. The number of hydrogen-bond donors (Lipinski definition) is 0. The van der Waals surface area contributed by atoms with Crippen LogP contribution in [0.1, 0.15) is 32.1 Å². The molecule has 0 aromatic carbocycles. The first-order chi connectivity index (χ1) is 5.08. The molecule has 0 aromatic heterocycles. The third-order valence-corrected chi connectivity index (χ3v) is 3.34. The molecule has 0 aliphatic heterocycles. The van der Waals surface area contributed by atoms with E-state index in [1.54, 1.807) is 0 Å². The van der Waals surface area contributed by atoms with E-state index >= 15 is 0 Å². The summed E-state index contributed by atoms with van der Waals surface area (Å²) in [6.45, 7) is 0. The minimum absolute atomic E-state index is 0.410. The van der Waals surface area contributed by atoms with E-state index in [-0.39, 0.29) is 0 Å². The smallest absolute Gasteiger partial charge is 0.147 e. The van der Waals surface area contributed by atoms with E-state index in [0.29, 0.717) is 11.7 Å². The van der Waals surface area contributed by atoms with Crippen molar-refractivity contribution in [1.82, 2.24) is 0 Å². The van der Waals surface area contributed by atoms with E-state index < -0.39 is 9.84 Å². The van der Waals surface area contributed by atoms with Crippen LogP contribution in [0, 0.1) is 5.92 Å². The third kappa shape index (κ3) is 3.75. The molecule has 66 valence electrons. The zero-order chi connectivity index (χ0) is 8.32. The van der Waals surface area contributed by atoms with Crippen LogP contribution >= 0.6 is 0 Å². The second-order valence-electron chi connectivity index (χ2n) is 3.60. The van der Waals surface area contributed by atoms with Gasteiger partial charge in [-0.2, -0.15) is 0 Å². The van der Waals surface area contributed by atoms with Crippen LogP contribution in [0.3, 0.4) is 0 Å². The van der Waals surface area contributed by atoms with Gasteiger partial charge in [-0.3, -0.25) is 0 Å². The molecule has 2 nitrogen and oxygen atoms in total. The van der Waals surface area contributed by atoms with Gasteiger partial charge in [-0.15, -0.1) is 0 Å². The van der Waals surface area contributed by atoms with E-state index in [2.05, 4.69) is 0 Å². The largest absolute Gasteiger partial charge is 0.229 e. The fourth-order valence-corrected chi connectivity index (χ4v) is 2.97. The van der Waals surface area contributed by atoms with Crippen molar-refractivity contribution in [1.29, 1.82) is 0 Å². The Hall–Kier alpha value is -0.0500. The second kappa shape index (κ2) is 3.57. The quantitative estimate of drug-likeness (QED) is 0.640. The molecule has 0 amide bonds. The first kappa shape index (κ1) is 9.04. The van der Waals surface area contributed by atoms with Crippen molar-refractivity contribution in [3.63, 3.8) is 0 Å². The van der Waals surface area contributed by atoms with Gasteiger partial charge in [0.15, 0.2) is 0 Å². The van der Waals surface area contributed by atoms with Crippen LogP contribution in [-0.2, 0) is 9.84 Å². The van der Waals surface area contributed by atoms with E-state index in [0.717, 1.165) is 12.8 Å². The van der Waals surface area contributed by atoms with Crippen molar-refractivity contribution in [3.8, 4) is 0 Å². The molecular formula is C8H16O2S. The fourth-order valence-electron chi connectivity index (χ4n) is 1.78. The van der Waals surface area contributed by atoms with Crippen LogP contribution in [0.15, 0.2) is 0 Å². The molecule has 0 unspecified atom stereocenters. The lowest BCUT2D eigenvalue weighted by Gasteiger charge is -2.20. The van der Waals surface area contributed by atoms with Gasteiger partial charge in [-0.05, 0) is 18.8 Å². The molecule has 1 saturated carbocycles. The van der Waals surface area contributed by atoms with E-state index in [9.17, 15) is 8.42 Å². The first-order valence-electron chi connectivity index (χ1n) is 4.26. The summed E-state index contributed by atoms with van der Waals surface area (Å²) in [5, 5.41) is 0. The van der Waals surface area contributed by atoms with Gasteiger partial charge >= 0.3 is 0 Å². The molecule has 1 aliphatic carbocycles. The highest BCUT2D eigenvalue weighted by molar-refractivity contribution is 7.90. The van der Waals surface area contributed by atoms with E-state index in [1.807, 2.05) is 0 Å². The van der Waals surface area contributed by atoms with Gasteiger partial charge < -0.3 is 0 Å². The number of hydrogen-bond acceptors (Lipinski definition) is 2. The molecule has 0 atom stereocenters. The highest BCUT2D eigenvalue weighted by Crippen LogP contribution is 2.24. The predicted octanol–water partition coefficient (Wildman–Crippen LogP) is 1.61. The second-order valence-corrected chi connectivity index (χ2v) is 5.78. The molecule has 0 aromatic rings. The standard InChI is InChI=1S/C8H16O2S/c1-11(9,10)7-8-5-3-2-4-6-8/h8H,2-7H2,1H3. The SMILES string of the molecule is CS(=O)(=O)CC1CCCCC1. The average Bonchev–Trinajstić information content (AvgIpc) is 1.85. The first-order valence-corrected chi connectivity index (χ1v) is 6.32. The summed E-state index contributed by atoms with van der Waals surface area (Å²) in [5.41, 5.74) is 0. The Labute approximate surface area is 68.9 Å². The number of rotatable bonds is 2. The minimum Gasteiger partial charge on any atom is -0.229 e. The van der Waals surface area contributed by atoms with Crippen LogP contribution in [-0.4, -0.2) is 20.4 Å². The Morgan fingerprint density at radius 2 is 1.73 bits per heavy atom. The van der Waals surface area contributed by atoms with Crippen LogP contribution in [0.25, 0.3) is 0 Å². The van der Waals surface area contributed by atoms with E-state index in [1.165, 1.54) is 25.5 Å². The molecule has 11 heavy (non-hydrogen) atoms. The Morgan fingerprint density at radius 1 is 1.18 bits per heavy atom. The topological polar surface area (TPSA) is 34.1 Å². The van der Waals surface area contributed by atoms with Crippen LogP contribution in [0.5, 0.6) is 0 Å². The van der Waals surface area contributed by atoms with Gasteiger partial charge in [0.1, 0.15) is 9.84 Å². The van der Waals surface area contributed by atoms with Crippen molar-refractivity contribution in [2.24, 2.45) is 5.92 Å². The lowest BCUT2D eigenvalue weighted by Crippen LogP contribution is -2.17. The highest BCUT2D eigenvalue weighted by atomic mass is 32.2. The molecule has 1 rings (SSSR count). The zero-order valence-electron chi connectivity index (χ0n) is 7.04. The normalized spacial score (nSPS) is 21.9. The van der Waals surface area contributed by atoms with Crippen LogP contribution in [0.4, 0.5) is 0 Å². The highest BCUT2D eigenvalue weighted by Gasteiger charge is 2.17. The number of sulfone groups is 1. The molecule has 0 bridgehead atoms. The van der Waals surface area contributed by atoms with Crippen molar-refractivity contribution in [2.45, 2.75) is 32.1 Å². The molecular weight excluding hydrogens is 160 g/mol. The molecule has 3 heteroatoms. The van der Waals surface area contributed by atoms with Gasteiger partial charge in [0, 0.05) is 6.26 Å². The summed E-state index contributed by atoms with van der Waals surface area (Å²) >= 11 is 0. The van der Waals surface area contributed by atoms with Gasteiger partial charge in [-0.1, -0.05) is 19.3 Å². The summed E-state index contributed by atoms with van der Waals surface area (Å²) in [6.07, 6.45) is 7.31. The predicted molar refractivity (Wildman–Crippen MR) is 46.3 cm³/mol. The van der Waals surface area contributed by atoms with Crippen LogP contribution < -0.4 is 0 Å².